The molecule has 0 heterocycles. The number of nitrogens with one attached hydrogen (secondary N) is 1. The van der Waals surface area contributed by atoms with E-state index in [0.717, 1.165) is 4.72 Å². The van der Waals surface area contributed by atoms with Gasteiger partial charge in [-0.05, 0) is 5.92 Å². The highest BCUT2D eigenvalue weighted by atomic mass is 32.2. The first kappa shape index (κ1) is 6.23. The highest BCUT2D eigenvalue weighted by Crippen LogP contribution is 1.86. The Balaban J connectivity index is 3.50. The third-order valence-electron chi connectivity index (χ3n) is 0.621. The Morgan fingerprint density at radius 2 is 2.38 bits per heavy atom. The zero-order valence-electron chi connectivity index (χ0n) is 6.55. The molecule has 1 unspecified atom stereocenters. The van der Waals surface area contributed by atoms with Gasteiger partial charge in [-0.1, -0.05) is 13.8 Å². The maximum Gasteiger partial charge on any atom is 0.138 e. The zero-order chi connectivity index (χ0) is 7.44. The second-order valence-electron chi connectivity index (χ2n) is 2.13. The molecule has 0 rings (SSSR count). The van der Waals surface area contributed by atoms with Crippen molar-refractivity contribution in [3.63, 3.8) is 0 Å². The smallest absolute Gasteiger partial charge is 0.138 e. The minimum Gasteiger partial charge on any atom is -0.243 e. The van der Waals surface area contributed by atoms with Gasteiger partial charge in [0, 0.05) is 12.8 Å². The molecule has 1 N–H and O–H groups in total. The van der Waals surface area contributed by atoms with Crippen molar-refractivity contribution in [2.75, 3.05) is 12.8 Å². The minimum absolute atomic E-state index is 0.409. The van der Waals surface area contributed by atoms with Gasteiger partial charge in [-0.25, -0.2) is 8.92 Å². The van der Waals surface area contributed by atoms with Gasteiger partial charge in [0.05, 0.1) is 11.0 Å². The largest absolute Gasteiger partial charge is 0.243 e. The van der Waals surface area contributed by atoms with E-state index in [-0.39, 0.29) is 0 Å². The summed E-state index contributed by atoms with van der Waals surface area (Å²) >= 11 is 0. The van der Waals surface area contributed by atoms with Gasteiger partial charge in [-0.2, -0.15) is 0 Å². The fourth-order valence-electron chi connectivity index (χ4n) is 0.254. The summed E-state index contributed by atoms with van der Waals surface area (Å²) in [6.45, 7) is 4.56. The molecule has 0 spiro atoms. The van der Waals surface area contributed by atoms with Crippen molar-refractivity contribution in [2.45, 2.75) is 13.8 Å². The van der Waals surface area contributed by atoms with Crippen molar-refractivity contribution in [3.8, 4) is 0 Å². The summed E-state index contributed by atoms with van der Waals surface area (Å²) in [7, 11) is -1.13. The molecular weight excluding hydrogens is 122 g/mol. The summed E-state index contributed by atoms with van der Waals surface area (Å²) in [5.41, 5.74) is 0. The zero-order valence-corrected chi connectivity index (χ0v) is 6.36. The van der Waals surface area contributed by atoms with Crippen molar-refractivity contribution in [2.24, 2.45) is 5.92 Å². The molecule has 1 atom stereocenters. The van der Waals surface area contributed by atoms with Crippen LogP contribution in [0.25, 0.3) is 0 Å². The molecular formula is C5H13NOS. The van der Waals surface area contributed by atoms with Gasteiger partial charge < -0.3 is 0 Å². The lowest BCUT2D eigenvalue weighted by atomic mass is 10.2. The van der Waals surface area contributed by atoms with E-state index >= 15 is 0 Å². The fraction of sp³-hybridized carbons (Fsp3) is 1.00. The molecule has 0 aromatic rings. The van der Waals surface area contributed by atoms with Crippen LogP contribution in [0.2, 0.25) is 1.41 Å². The summed E-state index contributed by atoms with van der Waals surface area (Å²) in [5.74, 6) is 0.409. The van der Waals surface area contributed by atoms with E-state index in [1.807, 2.05) is 13.8 Å². The Bertz CT molecular complexity index is 107. The van der Waals surface area contributed by atoms with Crippen molar-refractivity contribution < 1.29 is 5.62 Å². The maximum atomic E-state index is 10.5. The lowest BCUT2D eigenvalue weighted by Crippen LogP contribution is -2.20. The molecule has 0 aliphatic rings. The van der Waals surface area contributed by atoms with Crippen LogP contribution in [0.3, 0.4) is 0 Å². The van der Waals surface area contributed by atoms with Gasteiger partial charge in [-0.3, -0.25) is 0 Å². The van der Waals surface area contributed by atoms with Crippen molar-refractivity contribution >= 4 is 11.0 Å². The van der Waals surface area contributed by atoms with E-state index in [1.54, 1.807) is 0 Å². The van der Waals surface area contributed by atoms with Crippen LogP contribution < -0.4 is 4.72 Å². The topological polar surface area (TPSA) is 29.1 Å². The standard InChI is InChI=1S/C5H13NOS/c1-5(2)4-6-8(3)7/h5-6H,4H2,1-3H3/i/hT. The minimum atomic E-state index is -1.13. The van der Waals surface area contributed by atoms with Crippen LogP contribution in [0, 0.1) is 5.92 Å². The van der Waals surface area contributed by atoms with E-state index in [9.17, 15) is 4.21 Å². The van der Waals surface area contributed by atoms with Gasteiger partial charge in [0.25, 0.3) is 0 Å². The Hall–Kier alpha value is 0.110. The Morgan fingerprint density at radius 1 is 1.88 bits per heavy atom. The summed E-state index contributed by atoms with van der Waals surface area (Å²) in [6, 6.07) is 0. The molecule has 50 valence electrons. The normalized spacial score (nSPS) is 16.9. The van der Waals surface area contributed by atoms with Crippen molar-refractivity contribution in [1.29, 1.82) is 0 Å². The van der Waals surface area contributed by atoms with E-state index in [1.165, 1.54) is 6.26 Å². The van der Waals surface area contributed by atoms with E-state index in [0.29, 0.717) is 12.5 Å². The highest BCUT2D eigenvalue weighted by Gasteiger charge is 1.92. The Morgan fingerprint density at radius 3 is 2.50 bits per heavy atom. The first-order valence-electron chi connectivity index (χ1n) is 3.08. The van der Waals surface area contributed by atoms with E-state index in [4.69, 9.17) is 1.41 Å². The molecule has 8 heavy (non-hydrogen) atoms. The van der Waals surface area contributed by atoms with E-state index < -0.39 is 11.0 Å². The molecule has 0 aromatic heterocycles. The molecule has 0 amide bonds. The molecule has 0 radical (unpaired) electrons. The van der Waals surface area contributed by atoms with Crippen LogP contribution in [0.4, 0.5) is 0 Å². The van der Waals surface area contributed by atoms with Gasteiger partial charge in [0.2, 0.25) is 0 Å². The van der Waals surface area contributed by atoms with Crippen LogP contribution >= 0.6 is 0 Å². The monoisotopic (exact) mass is 137 g/mol. The predicted octanol–water partition coefficient (Wildman–Crippen LogP) is 0.526. The number of hydrogen-bond donors (Lipinski definition) is 1. The number of rotatable bonds is 3. The quantitative estimate of drug-likeness (QED) is 0.604. The van der Waals surface area contributed by atoms with Gasteiger partial charge >= 0.3 is 0 Å². The molecule has 0 aromatic carbocycles. The van der Waals surface area contributed by atoms with Crippen LogP contribution in [0.5, 0.6) is 0 Å². The Labute approximate surface area is 54.7 Å². The fourth-order valence-corrected chi connectivity index (χ4v) is 0.762. The number of hydrogen-bond acceptors (Lipinski definition) is 1. The third-order valence-corrected chi connectivity index (χ3v) is 1.13. The van der Waals surface area contributed by atoms with Gasteiger partial charge in [-0.15, -0.1) is 0 Å². The van der Waals surface area contributed by atoms with Crippen LogP contribution in [-0.4, -0.2) is 17.0 Å². The molecule has 0 aliphatic carbocycles. The summed E-state index contributed by atoms with van der Waals surface area (Å²) in [5, 5.41) is 0. The second-order valence-corrected chi connectivity index (χ2v) is 3.24. The molecule has 0 saturated heterocycles. The van der Waals surface area contributed by atoms with Gasteiger partial charge in [0.1, 0.15) is 1.41 Å². The van der Waals surface area contributed by atoms with Crippen LogP contribution in [0.1, 0.15) is 13.8 Å². The van der Waals surface area contributed by atoms with Crippen LogP contribution in [-0.2, 0) is 11.0 Å². The van der Waals surface area contributed by atoms with Crippen molar-refractivity contribution in [1.82, 2.24) is 4.72 Å². The summed E-state index contributed by atoms with van der Waals surface area (Å²) in [6.07, 6.45) is 1.51. The van der Waals surface area contributed by atoms with Crippen molar-refractivity contribution in [3.05, 3.63) is 0 Å². The molecule has 2 nitrogen and oxygen atoms in total. The highest BCUT2D eigenvalue weighted by molar-refractivity contribution is 7.82. The average Bonchev–Trinajstić information content (AvgIpc) is 1.63. The second kappa shape index (κ2) is 4.04. The summed E-state index contributed by atoms with van der Waals surface area (Å²) in [4.78, 5) is 0. The lowest BCUT2D eigenvalue weighted by Gasteiger charge is -2.01. The Kier molecular flexibility index (Phi) is 3.14. The molecule has 0 fully saturated rings. The van der Waals surface area contributed by atoms with Crippen LogP contribution in [0.15, 0.2) is 0 Å². The third kappa shape index (κ3) is 6.11. The van der Waals surface area contributed by atoms with Gasteiger partial charge in [0.15, 0.2) is 0 Å². The SMILES string of the molecule is [3H]N(CC(C)C)S(C)=O. The molecule has 0 saturated carbocycles. The first-order chi connectivity index (χ1) is 4.04. The molecule has 3 heteroatoms. The van der Waals surface area contributed by atoms with E-state index in [2.05, 4.69) is 0 Å². The summed E-state index contributed by atoms with van der Waals surface area (Å²) < 4.78 is 18.7. The maximum absolute atomic E-state index is 10.5. The average molecular weight is 137 g/mol. The molecule has 0 aliphatic heterocycles. The lowest BCUT2D eigenvalue weighted by molar-refractivity contribution is 0.619. The first-order valence-corrected chi connectivity index (χ1v) is 4.15. The molecule has 0 bridgehead atoms. The predicted molar refractivity (Wildman–Crippen MR) is 36.9 cm³/mol.